The second-order valence-electron chi connectivity index (χ2n) is 4.19. The Hall–Kier alpha value is -0.880. The molecule has 0 aromatic heterocycles. The van der Waals surface area contributed by atoms with E-state index in [9.17, 15) is 13.2 Å². The van der Waals surface area contributed by atoms with Crippen LogP contribution in [0.2, 0.25) is 0 Å². The van der Waals surface area contributed by atoms with Gasteiger partial charge in [-0.15, -0.1) is 0 Å². The highest BCUT2D eigenvalue weighted by Gasteiger charge is 2.20. The van der Waals surface area contributed by atoms with Gasteiger partial charge in [-0.2, -0.15) is 8.42 Å². The first-order valence-electron chi connectivity index (χ1n) is 5.57. The molecule has 1 amide bonds. The highest BCUT2D eigenvalue weighted by Crippen LogP contribution is 2.11. The summed E-state index contributed by atoms with van der Waals surface area (Å²) >= 11 is 0. The maximum Gasteiger partial charge on any atom is 0.267 e. The first-order valence-corrected chi connectivity index (χ1v) is 7.07. The van der Waals surface area contributed by atoms with Crippen molar-refractivity contribution < 1.29 is 17.8 Å². The average Bonchev–Trinajstić information content (AvgIpc) is 2.20. The topological polar surface area (TPSA) is 74.7 Å². The standard InChI is InChI=1S/C11H21NO4S/c1-5-10(17(14,15)16)7-6-8-12(4)11(13)9(2)3/h10H,2,5-8H2,1,3-4H3,(H,14,15,16). The lowest BCUT2D eigenvalue weighted by Gasteiger charge is -2.18. The average molecular weight is 263 g/mol. The number of carbonyl (C=O) groups excluding carboxylic acids is 1. The van der Waals surface area contributed by atoms with Crippen LogP contribution in [0.15, 0.2) is 12.2 Å². The molecule has 0 aliphatic carbocycles. The monoisotopic (exact) mass is 263 g/mol. The summed E-state index contributed by atoms with van der Waals surface area (Å²) in [4.78, 5) is 12.9. The normalized spacial score (nSPS) is 13.2. The zero-order chi connectivity index (χ0) is 13.6. The molecule has 0 radical (unpaired) electrons. The minimum atomic E-state index is -3.97. The third kappa shape index (κ3) is 5.83. The second kappa shape index (κ2) is 6.76. The quantitative estimate of drug-likeness (QED) is 0.557. The van der Waals surface area contributed by atoms with E-state index in [1.165, 1.54) is 4.90 Å². The Labute approximate surface area is 103 Å². The van der Waals surface area contributed by atoms with E-state index >= 15 is 0 Å². The predicted molar refractivity (Wildman–Crippen MR) is 67.3 cm³/mol. The van der Waals surface area contributed by atoms with E-state index in [1.807, 2.05) is 0 Å². The summed E-state index contributed by atoms with van der Waals surface area (Å²) in [5.41, 5.74) is 0.453. The molecule has 0 heterocycles. The fourth-order valence-electron chi connectivity index (χ4n) is 1.55. The molecule has 0 saturated heterocycles. The summed E-state index contributed by atoms with van der Waals surface area (Å²) in [5, 5.41) is -0.740. The van der Waals surface area contributed by atoms with Crippen LogP contribution in [0.3, 0.4) is 0 Å². The van der Waals surface area contributed by atoms with E-state index < -0.39 is 15.4 Å². The summed E-state index contributed by atoms with van der Waals surface area (Å²) in [6.07, 6.45) is 1.26. The summed E-state index contributed by atoms with van der Waals surface area (Å²) in [6, 6.07) is 0. The lowest BCUT2D eigenvalue weighted by Crippen LogP contribution is -2.29. The maximum absolute atomic E-state index is 11.4. The van der Waals surface area contributed by atoms with Gasteiger partial charge in [0.2, 0.25) is 5.91 Å². The molecule has 100 valence electrons. The van der Waals surface area contributed by atoms with Crippen LogP contribution in [0.25, 0.3) is 0 Å². The van der Waals surface area contributed by atoms with E-state index in [2.05, 4.69) is 6.58 Å². The van der Waals surface area contributed by atoms with Gasteiger partial charge in [0.1, 0.15) is 0 Å². The molecule has 0 bridgehead atoms. The number of carbonyl (C=O) groups is 1. The van der Waals surface area contributed by atoms with E-state index in [0.29, 0.717) is 31.4 Å². The van der Waals surface area contributed by atoms with Crippen molar-refractivity contribution in [3.8, 4) is 0 Å². The van der Waals surface area contributed by atoms with Crippen molar-refractivity contribution in [2.75, 3.05) is 13.6 Å². The van der Waals surface area contributed by atoms with Crippen molar-refractivity contribution in [1.29, 1.82) is 0 Å². The smallest absolute Gasteiger partial charge is 0.267 e. The zero-order valence-corrected chi connectivity index (χ0v) is 11.5. The molecule has 17 heavy (non-hydrogen) atoms. The van der Waals surface area contributed by atoms with Crippen LogP contribution < -0.4 is 0 Å². The first-order chi connectivity index (χ1) is 7.70. The Balaban J connectivity index is 4.15. The van der Waals surface area contributed by atoms with E-state index in [0.717, 1.165) is 0 Å². The van der Waals surface area contributed by atoms with Crippen LogP contribution >= 0.6 is 0 Å². The van der Waals surface area contributed by atoms with E-state index in [-0.39, 0.29) is 5.91 Å². The molecule has 0 aromatic carbocycles. The van der Waals surface area contributed by atoms with Gasteiger partial charge in [-0.25, -0.2) is 0 Å². The van der Waals surface area contributed by atoms with Gasteiger partial charge in [-0.3, -0.25) is 9.35 Å². The van der Waals surface area contributed by atoms with Gasteiger partial charge in [-0.1, -0.05) is 13.5 Å². The van der Waals surface area contributed by atoms with Crippen molar-refractivity contribution >= 4 is 16.0 Å². The number of hydrogen-bond donors (Lipinski definition) is 1. The molecule has 1 atom stereocenters. The number of rotatable bonds is 7. The fraction of sp³-hybridized carbons (Fsp3) is 0.727. The number of likely N-dealkylation sites (N-methyl/N-ethyl adjacent to an activating group) is 1. The molecule has 1 N–H and O–H groups in total. The molecule has 0 aliphatic heterocycles. The van der Waals surface area contributed by atoms with Gasteiger partial charge in [0.15, 0.2) is 0 Å². The molecule has 6 heteroatoms. The SMILES string of the molecule is C=C(C)C(=O)N(C)CCCC(CC)S(=O)(=O)O. The second-order valence-corrected chi connectivity index (χ2v) is 5.89. The molecule has 5 nitrogen and oxygen atoms in total. The fourth-order valence-corrected chi connectivity index (χ4v) is 2.43. The van der Waals surface area contributed by atoms with E-state index in [1.54, 1.807) is 20.9 Å². The minimum absolute atomic E-state index is 0.148. The Morgan fingerprint density at radius 1 is 1.47 bits per heavy atom. The Bertz CT molecular complexity index is 375. The van der Waals surface area contributed by atoms with Crippen LogP contribution in [-0.2, 0) is 14.9 Å². The molecule has 0 rings (SSSR count). The van der Waals surface area contributed by atoms with Gasteiger partial charge in [0.25, 0.3) is 10.1 Å². The summed E-state index contributed by atoms with van der Waals surface area (Å²) < 4.78 is 30.8. The third-order valence-corrected chi connectivity index (χ3v) is 4.02. The highest BCUT2D eigenvalue weighted by molar-refractivity contribution is 7.86. The predicted octanol–water partition coefficient (Wildman–Crippen LogP) is 1.47. The summed E-state index contributed by atoms with van der Waals surface area (Å²) in [7, 11) is -2.33. The van der Waals surface area contributed by atoms with E-state index in [4.69, 9.17) is 4.55 Å². The first kappa shape index (κ1) is 16.1. The zero-order valence-electron chi connectivity index (χ0n) is 10.6. The maximum atomic E-state index is 11.4. The van der Waals surface area contributed by atoms with Crippen LogP contribution in [0.1, 0.15) is 33.1 Å². The number of nitrogens with zero attached hydrogens (tertiary/aromatic N) is 1. The van der Waals surface area contributed by atoms with Crippen molar-refractivity contribution in [2.24, 2.45) is 0 Å². The molecular weight excluding hydrogens is 242 g/mol. The lowest BCUT2D eigenvalue weighted by molar-refractivity contribution is -0.125. The molecule has 0 spiro atoms. The van der Waals surface area contributed by atoms with Crippen LogP contribution in [0, 0.1) is 0 Å². The molecule has 0 saturated carbocycles. The Morgan fingerprint density at radius 2 is 2.00 bits per heavy atom. The number of amides is 1. The van der Waals surface area contributed by atoms with Crippen molar-refractivity contribution in [3.05, 3.63) is 12.2 Å². The lowest BCUT2D eigenvalue weighted by atomic mass is 10.2. The largest absolute Gasteiger partial charge is 0.342 e. The summed E-state index contributed by atoms with van der Waals surface area (Å²) in [5.74, 6) is -0.148. The van der Waals surface area contributed by atoms with Gasteiger partial charge >= 0.3 is 0 Å². The van der Waals surface area contributed by atoms with Gasteiger partial charge in [-0.05, 0) is 26.2 Å². The van der Waals surface area contributed by atoms with Crippen LogP contribution in [0.4, 0.5) is 0 Å². The molecular formula is C11H21NO4S. The molecule has 0 aliphatic rings. The van der Waals surface area contributed by atoms with Crippen LogP contribution in [0.5, 0.6) is 0 Å². The van der Waals surface area contributed by atoms with Crippen molar-refractivity contribution in [3.63, 3.8) is 0 Å². The molecule has 0 aromatic rings. The van der Waals surface area contributed by atoms with Gasteiger partial charge in [0.05, 0.1) is 5.25 Å². The molecule has 1 unspecified atom stereocenters. The highest BCUT2D eigenvalue weighted by atomic mass is 32.2. The van der Waals surface area contributed by atoms with Gasteiger partial charge < -0.3 is 4.90 Å². The Kier molecular flexibility index (Phi) is 6.41. The van der Waals surface area contributed by atoms with Crippen molar-refractivity contribution in [1.82, 2.24) is 4.90 Å². The van der Waals surface area contributed by atoms with Crippen molar-refractivity contribution in [2.45, 2.75) is 38.4 Å². The molecule has 0 fully saturated rings. The third-order valence-electron chi connectivity index (χ3n) is 2.61. The Morgan fingerprint density at radius 3 is 2.35 bits per heavy atom. The van der Waals surface area contributed by atoms with Gasteiger partial charge in [0, 0.05) is 19.2 Å². The summed E-state index contributed by atoms with van der Waals surface area (Å²) in [6.45, 7) is 7.34. The minimum Gasteiger partial charge on any atom is -0.342 e. The number of hydrogen-bond acceptors (Lipinski definition) is 3. The van der Waals surface area contributed by atoms with Crippen LogP contribution in [-0.4, -0.2) is 42.6 Å².